The maximum absolute atomic E-state index is 11.4. The van der Waals surface area contributed by atoms with Gasteiger partial charge in [-0.2, -0.15) is 12.6 Å². The number of thiol groups is 1. The molecule has 4 nitrogen and oxygen atoms in total. The molecule has 0 aliphatic carbocycles. The lowest BCUT2D eigenvalue weighted by Crippen LogP contribution is -2.40. The van der Waals surface area contributed by atoms with Crippen molar-refractivity contribution in [2.75, 3.05) is 20.3 Å². The van der Waals surface area contributed by atoms with Gasteiger partial charge in [-0.25, -0.2) is 0 Å². The summed E-state index contributed by atoms with van der Waals surface area (Å²) in [6, 6.07) is 0. The second kappa shape index (κ2) is 7.09. The summed E-state index contributed by atoms with van der Waals surface area (Å²) >= 11 is 4.15. The first-order valence-corrected chi connectivity index (χ1v) is 5.13. The topological polar surface area (TPSA) is 58.6 Å². The van der Waals surface area contributed by atoms with Gasteiger partial charge in [0.05, 0.1) is 18.0 Å². The van der Waals surface area contributed by atoms with Gasteiger partial charge in [-0.1, -0.05) is 13.8 Å². The Morgan fingerprint density at radius 2 is 2.14 bits per heavy atom. The van der Waals surface area contributed by atoms with Crippen LogP contribution in [-0.2, 0) is 9.53 Å². The van der Waals surface area contributed by atoms with Crippen LogP contribution in [0.25, 0.3) is 0 Å². The van der Waals surface area contributed by atoms with E-state index in [0.717, 1.165) is 0 Å². The van der Waals surface area contributed by atoms with E-state index in [1.165, 1.54) is 7.11 Å². The SMILES string of the molecule is COCC(O)CNC(=O)C(S)C(C)C. The molecule has 84 valence electrons. The van der Waals surface area contributed by atoms with Crippen LogP contribution in [0.3, 0.4) is 0 Å². The lowest BCUT2D eigenvalue weighted by Gasteiger charge is -2.16. The van der Waals surface area contributed by atoms with E-state index in [0.29, 0.717) is 0 Å². The van der Waals surface area contributed by atoms with E-state index >= 15 is 0 Å². The summed E-state index contributed by atoms with van der Waals surface area (Å²) in [5.41, 5.74) is 0. The quantitative estimate of drug-likeness (QED) is 0.556. The van der Waals surface area contributed by atoms with Gasteiger partial charge in [0, 0.05) is 13.7 Å². The fourth-order valence-corrected chi connectivity index (χ4v) is 0.968. The van der Waals surface area contributed by atoms with Gasteiger partial charge in [-0.05, 0) is 5.92 Å². The molecule has 0 aromatic carbocycles. The largest absolute Gasteiger partial charge is 0.389 e. The molecule has 1 amide bonds. The molecule has 0 aromatic heterocycles. The van der Waals surface area contributed by atoms with Crippen molar-refractivity contribution in [3.8, 4) is 0 Å². The van der Waals surface area contributed by atoms with Crippen LogP contribution in [0, 0.1) is 5.92 Å². The van der Waals surface area contributed by atoms with E-state index < -0.39 is 6.10 Å². The predicted octanol–water partition coefficient (Wildman–Crippen LogP) is 0.0643. The first kappa shape index (κ1) is 13.7. The van der Waals surface area contributed by atoms with Crippen molar-refractivity contribution in [3.63, 3.8) is 0 Å². The van der Waals surface area contributed by atoms with Gasteiger partial charge in [0.15, 0.2) is 0 Å². The van der Waals surface area contributed by atoms with E-state index in [1.54, 1.807) is 0 Å². The normalized spacial score (nSPS) is 15.3. The number of carbonyl (C=O) groups excluding carboxylic acids is 1. The van der Waals surface area contributed by atoms with E-state index in [2.05, 4.69) is 17.9 Å². The molecular weight excluding hydrogens is 202 g/mol. The zero-order valence-electron chi connectivity index (χ0n) is 8.86. The maximum Gasteiger partial charge on any atom is 0.233 e. The van der Waals surface area contributed by atoms with Crippen LogP contribution < -0.4 is 5.32 Å². The molecule has 2 N–H and O–H groups in total. The summed E-state index contributed by atoms with van der Waals surface area (Å²) in [6.07, 6.45) is -0.656. The molecule has 5 heteroatoms. The minimum Gasteiger partial charge on any atom is -0.389 e. The minimum absolute atomic E-state index is 0.154. The van der Waals surface area contributed by atoms with E-state index in [9.17, 15) is 9.90 Å². The summed E-state index contributed by atoms with van der Waals surface area (Å²) in [5.74, 6) is 0.0244. The minimum atomic E-state index is -0.656. The van der Waals surface area contributed by atoms with E-state index in [-0.39, 0.29) is 30.2 Å². The molecule has 0 radical (unpaired) electrons. The molecule has 0 aromatic rings. The molecule has 0 bridgehead atoms. The number of hydrogen-bond acceptors (Lipinski definition) is 4. The molecular formula is C9H19NO3S. The molecule has 0 aliphatic heterocycles. The zero-order chi connectivity index (χ0) is 11.1. The highest BCUT2D eigenvalue weighted by Gasteiger charge is 2.17. The molecule has 2 atom stereocenters. The molecule has 0 saturated carbocycles. The molecule has 0 spiro atoms. The summed E-state index contributed by atoms with van der Waals surface area (Å²) in [6.45, 7) is 4.27. The molecule has 0 saturated heterocycles. The Kier molecular flexibility index (Phi) is 6.96. The van der Waals surface area contributed by atoms with Crippen LogP contribution in [-0.4, -0.2) is 42.6 Å². The molecule has 14 heavy (non-hydrogen) atoms. The number of rotatable bonds is 6. The number of amides is 1. The Morgan fingerprint density at radius 1 is 1.57 bits per heavy atom. The number of carbonyl (C=O) groups is 1. The molecule has 0 aliphatic rings. The Hall–Kier alpha value is -0.260. The van der Waals surface area contributed by atoms with Crippen LogP contribution in [0.1, 0.15) is 13.8 Å². The monoisotopic (exact) mass is 221 g/mol. The molecule has 0 rings (SSSR count). The van der Waals surface area contributed by atoms with Crippen molar-refractivity contribution in [1.82, 2.24) is 5.32 Å². The smallest absolute Gasteiger partial charge is 0.233 e. The highest BCUT2D eigenvalue weighted by atomic mass is 32.1. The number of hydrogen-bond donors (Lipinski definition) is 3. The maximum atomic E-state index is 11.4. The van der Waals surface area contributed by atoms with Crippen LogP contribution >= 0.6 is 12.6 Å². The third-order valence-corrected chi connectivity index (χ3v) is 2.60. The molecule has 0 fully saturated rings. The summed E-state index contributed by atoms with van der Waals surface area (Å²) in [4.78, 5) is 11.4. The number of nitrogens with one attached hydrogen (secondary N) is 1. The lowest BCUT2D eigenvalue weighted by molar-refractivity contribution is -0.121. The summed E-state index contributed by atoms with van der Waals surface area (Å²) in [7, 11) is 1.50. The summed E-state index contributed by atoms with van der Waals surface area (Å²) in [5, 5.41) is 11.5. The van der Waals surface area contributed by atoms with Crippen molar-refractivity contribution in [2.24, 2.45) is 5.92 Å². The standard InChI is InChI=1S/C9H19NO3S/c1-6(2)8(14)9(12)10-4-7(11)5-13-3/h6-8,11,14H,4-5H2,1-3H3,(H,10,12). The van der Waals surface area contributed by atoms with Crippen LogP contribution in [0.15, 0.2) is 0 Å². The zero-order valence-corrected chi connectivity index (χ0v) is 9.75. The van der Waals surface area contributed by atoms with Crippen molar-refractivity contribution in [1.29, 1.82) is 0 Å². The lowest BCUT2D eigenvalue weighted by atomic mass is 10.1. The van der Waals surface area contributed by atoms with Crippen LogP contribution in [0.5, 0.6) is 0 Å². The van der Waals surface area contributed by atoms with E-state index in [1.807, 2.05) is 13.8 Å². The van der Waals surface area contributed by atoms with Gasteiger partial charge in [0.2, 0.25) is 5.91 Å². The fraction of sp³-hybridized carbons (Fsp3) is 0.889. The predicted molar refractivity (Wildman–Crippen MR) is 58.5 cm³/mol. The van der Waals surface area contributed by atoms with Gasteiger partial charge >= 0.3 is 0 Å². The number of ether oxygens (including phenoxy) is 1. The Morgan fingerprint density at radius 3 is 2.57 bits per heavy atom. The first-order valence-electron chi connectivity index (χ1n) is 4.61. The van der Waals surface area contributed by atoms with Gasteiger partial charge in [0.25, 0.3) is 0 Å². The average Bonchev–Trinajstić information content (AvgIpc) is 2.13. The highest BCUT2D eigenvalue weighted by molar-refractivity contribution is 7.81. The van der Waals surface area contributed by atoms with Crippen molar-refractivity contribution in [3.05, 3.63) is 0 Å². The first-order chi connectivity index (χ1) is 6.49. The Balaban J connectivity index is 3.73. The summed E-state index contributed by atoms with van der Waals surface area (Å²) < 4.78 is 4.72. The fourth-order valence-electron chi connectivity index (χ4n) is 0.877. The number of aliphatic hydroxyl groups excluding tert-OH is 1. The number of methoxy groups -OCH3 is 1. The second-order valence-corrected chi connectivity index (χ2v) is 4.10. The third kappa shape index (κ3) is 5.47. The van der Waals surface area contributed by atoms with Crippen molar-refractivity contribution in [2.45, 2.75) is 25.2 Å². The van der Waals surface area contributed by atoms with E-state index in [4.69, 9.17) is 4.74 Å². The number of aliphatic hydroxyl groups is 1. The van der Waals surface area contributed by atoms with Crippen molar-refractivity contribution < 1.29 is 14.6 Å². The van der Waals surface area contributed by atoms with Gasteiger partial charge in [-0.15, -0.1) is 0 Å². The highest BCUT2D eigenvalue weighted by Crippen LogP contribution is 2.08. The van der Waals surface area contributed by atoms with Gasteiger partial charge in [-0.3, -0.25) is 4.79 Å². The Bertz CT molecular complexity index is 175. The van der Waals surface area contributed by atoms with Crippen LogP contribution in [0.2, 0.25) is 0 Å². The second-order valence-electron chi connectivity index (χ2n) is 3.54. The van der Waals surface area contributed by atoms with Gasteiger partial charge < -0.3 is 15.2 Å². The Labute approximate surface area is 90.4 Å². The third-order valence-electron chi connectivity index (χ3n) is 1.77. The van der Waals surface area contributed by atoms with Gasteiger partial charge in [0.1, 0.15) is 0 Å². The van der Waals surface area contributed by atoms with Crippen molar-refractivity contribution >= 4 is 18.5 Å². The molecule has 0 heterocycles. The molecule has 2 unspecified atom stereocenters. The average molecular weight is 221 g/mol. The van der Waals surface area contributed by atoms with Crippen LogP contribution in [0.4, 0.5) is 0 Å².